The van der Waals surface area contributed by atoms with Crippen molar-refractivity contribution < 1.29 is 72.3 Å². The van der Waals surface area contributed by atoms with E-state index in [-0.39, 0.29) is 181 Å². The van der Waals surface area contributed by atoms with Crippen molar-refractivity contribution in [3.63, 3.8) is 0 Å². The van der Waals surface area contributed by atoms with Crippen LogP contribution in [-0.2, 0) is 72.3 Å². The fourth-order valence-corrected chi connectivity index (χ4v) is 0. The zero-order chi connectivity index (χ0) is 0. The van der Waals surface area contributed by atoms with Gasteiger partial charge in [0.1, 0.15) is 0 Å². The van der Waals surface area contributed by atoms with E-state index in [2.05, 4.69) is 0 Å². The molecule has 0 aliphatic rings. The van der Waals surface area contributed by atoms with Crippen molar-refractivity contribution in [2.75, 3.05) is 0 Å². The molecule has 0 atom stereocenters. The molecule has 0 heterocycles. The van der Waals surface area contributed by atoms with Crippen molar-refractivity contribution >= 4 is 108 Å². The van der Waals surface area contributed by atoms with Crippen molar-refractivity contribution in [3.05, 3.63) is 0 Å². The summed E-state index contributed by atoms with van der Waals surface area (Å²) in [7, 11) is 0. The molecule has 0 aliphatic carbocycles. The molecule has 0 saturated heterocycles. The summed E-state index contributed by atoms with van der Waals surface area (Å²) in [6, 6.07) is 0. The first kappa shape index (κ1) is 52.7. The molecule has 0 saturated carbocycles. The van der Waals surface area contributed by atoms with Crippen molar-refractivity contribution in [3.8, 4) is 0 Å². The molecule has 7 heavy (non-hydrogen) atoms. The van der Waals surface area contributed by atoms with Crippen LogP contribution < -0.4 is 0 Å². The van der Waals surface area contributed by atoms with Gasteiger partial charge in [0.15, 0.2) is 0 Å². The van der Waals surface area contributed by atoms with Gasteiger partial charge in [0.2, 0.25) is 0 Å². The molecule has 0 amide bonds. The zero-order valence-electron chi connectivity index (χ0n) is 3.83. The number of hydrogen-bond acceptors (Lipinski definition) is 0. The normalized spacial score (nSPS) is 0. The van der Waals surface area contributed by atoms with Crippen molar-refractivity contribution in [2.24, 2.45) is 0 Å². The van der Waals surface area contributed by atoms with E-state index in [1.165, 1.54) is 0 Å². The van der Waals surface area contributed by atoms with Crippen LogP contribution in [0.3, 0.4) is 0 Å². The molecule has 0 N–H and O–H groups in total. The molecule has 0 fully saturated rings. The van der Waals surface area contributed by atoms with Crippen molar-refractivity contribution in [1.29, 1.82) is 0 Å². The summed E-state index contributed by atoms with van der Waals surface area (Å²) in [6.45, 7) is 0. The summed E-state index contributed by atoms with van der Waals surface area (Å²) in [5.41, 5.74) is 0. The average Bonchev–Trinajstić information content (AvgIpc) is 0. The monoisotopic (exact) mass is 781 g/mol. The van der Waals surface area contributed by atoms with Gasteiger partial charge in [-0.05, 0) is 0 Å². The molecule has 0 bridgehead atoms. The Kier molecular flexibility index (Phi) is 307. The van der Waals surface area contributed by atoms with Crippen LogP contribution in [0.15, 0.2) is 0 Å². The molecule has 0 aromatic rings. The summed E-state index contributed by atoms with van der Waals surface area (Å²) in [5.74, 6) is 0. The van der Waals surface area contributed by atoms with Crippen LogP contribution in [0.25, 0.3) is 0 Å². The van der Waals surface area contributed by atoms with E-state index in [9.17, 15) is 0 Å². The Bertz CT molecular complexity index is 19.7. The predicted octanol–water partition coefficient (Wildman–Crippen LogP) is -1.53. The zero-order valence-corrected chi connectivity index (χ0v) is 25.2. The van der Waals surface area contributed by atoms with Gasteiger partial charge in [-0.2, -0.15) is 0 Å². The number of hydrogen-bond donors (Lipinski definition) is 0. The third kappa shape index (κ3) is 33.6. The van der Waals surface area contributed by atoms with Gasteiger partial charge in [0.05, 0.1) is 0 Å². The topological polar surface area (TPSA) is 0 Å². The summed E-state index contributed by atoms with van der Waals surface area (Å²) in [4.78, 5) is 0. The smallest absolute Gasteiger partial charge is 0 e. The molecule has 0 spiro atoms. The first-order chi connectivity index (χ1) is 0. The van der Waals surface area contributed by atoms with E-state index in [1.54, 1.807) is 0 Å². The standard InChI is InChI=1S/As.Ba.Cd.Cr.Hg.Sb.Se. The average molecular weight is 778 g/mol. The van der Waals surface area contributed by atoms with Crippen LogP contribution >= 0.6 is 0 Å². The Hall–Kier alpha value is 5.86. The first-order valence-electron chi connectivity index (χ1n) is 0. The minimum Gasteiger partial charge on any atom is 0 e. The third-order valence-electron chi connectivity index (χ3n) is 0. The second-order valence-electron chi connectivity index (χ2n) is 0. The first-order valence-corrected chi connectivity index (χ1v) is 0. The van der Waals surface area contributed by atoms with Gasteiger partial charge in [-0.25, -0.2) is 0 Å². The maximum atomic E-state index is 0. The Balaban J connectivity index is 0. The van der Waals surface area contributed by atoms with E-state index in [0.717, 1.165) is 0 Å². The second kappa shape index (κ2) is 40.7. The fourth-order valence-electron chi connectivity index (χ4n) is 0. The van der Waals surface area contributed by atoms with Gasteiger partial charge in [-0.15, -0.1) is 0 Å². The molecule has 0 aromatic heterocycles. The largest absolute Gasteiger partial charge is 0 e. The number of rotatable bonds is 0. The predicted molar refractivity (Wildman–Crippen MR) is 23.0 cm³/mol. The molecular formula is AsBaCdCrHgSbSe. The molecule has 28 valence electrons. The molecule has 10 radical (unpaired) electrons. The quantitative estimate of drug-likeness (QED) is 0.263. The minimum atomic E-state index is 0. The fraction of sp³-hybridized carbons (Fsp3) is 0. The van der Waals surface area contributed by atoms with Gasteiger partial charge in [-0.1, -0.05) is 0 Å². The van der Waals surface area contributed by atoms with E-state index in [1.807, 2.05) is 0 Å². The van der Waals surface area contributed by atoms with Crippen LogP contribution in [0.2, 0.25) is 0 Å². The summed E-state index contributed by atoms with van der Waals surface area (Å²) >= 11 is 0. The third-order valence-corrected chi connectivity index (χ3v) is 0. The van der Waals surface area contributed by atoms with Gasteiger partial charge in [0.25, 0.3) is 0 Å². The van der Waals surface area contributed by atoms with Gasteiger partial charge in [-0.3, -0.25) is 0 Å². The Morgan fingerprint density at radius 1 is 1.00 bits per heavy atom. The maximum Gasteiger partial charge on any atom is 0 e. The molecule has 7 heteroatoms. The molecule has 0 unspecified atom stereocenters. The second-order valence-corrected chi connectivity index (χ2v) is 0. The SMILES string of the molecule is [As].[Ba].[Cd].[Cr].[Hg].[Sb].[Se]. The maximum absolute atomic E-state index is 0. The van der Waals surface area contributed by atoms with Crippen LogP contribution in [-0.4, -0.2) is 108 Å². The van der Waals surface area contributed by atoms with Gasteiger partial charge in [0, 0.05) is 181 Å². The van der Waals surface area contributed by atoms with E-state index in [4.69, 9.17) is 0 Å². The molecule has 0 aliphatic heterocycles. The summed E-state index contributed by atoms with van der Waals surface area (Å²) in [5, 5.41) is 0. The Labute approximate surface area is 175 Å². The molecule has 0 aromatic carbocycles. The van der Waals surface area contributed by atoms with E-state index < -0.39 is 0 Å². The van der Waals surface area contributed by atoms with Crippen LogP contribution in [0, 0.1) is 0 Å². The Morgan fingerprint density at radius 2 is 1.00 bits per heavy atom. The summed E-state index contributed by atoms with van der Waals surface area (Å²) < 4.78 is 0. The van der Waals surface area contributed by atoms with Crippen LogP contribution in [0.4, 0.5) is 0 Å². The van der Waals surface area contributed by atoms with Crippen molar-refractivity contribution in [1.82, 2.24) is 0 Å². The minimum absolute atomic E-state index is 0. The summed E-state index contributed by atoms with van der Waals surface area (Å²) in [6.07, 6.45) is 0. The van der Waals surface area contributed by atoms with Gasteiger partial charge >= 0.3 is 0 Å². The van der Waals surface area contributed by atoms with Gasteiger partial charge < -0.3 is 0 Å². The Morgan fingerprint density at radius 3 is 1.00 bits per heavy atom. The van der Waals surface area contributed by atoms with Crippen LogP contribution in [0.5, 0.6) is 0 Å². The molecule has 0 rings (SSSR count). The van der Waals surface area contributed by atoms with Crippen LogP contribution in [0.1, 0.15) is 0 Å². The molecule has 0 nitrogen and oxygen atoms in total. The molecular weight excluding hydrogens is 778 g/mol. The van der Waals surface area contributed by atoms with E-state index in [0.29, 0.717) is 0 Å². The van der Waals surface area contributed by atoms with Crippen molar-refractivity contribution in [2.45, 2.75) is 0 Å². The van der Waals surface area contributed by atoms with E-state index >= 15 is 0 Å².